The fraction of sp³-hybridized carbons (Fsp3) is 0. The summed E-state index contributed by atoms with van der Waals surface area (Å²) in [5, 5.41) is 10.7. The smallest absolute Gasteiger partial charge is 0.212 e. The van der Waals surface area contributed by atoms with Gasteiger partial charge in [-0.2, -0.15) is 5.26 Å². The van der Waals surface area contributed by atoms with Crippen molar-refractivity contribution in [2.45, 2.75) is 0 Å². The number of anilines is 1. The molecule has 1 N–H and O–H groups in total. The number of amides is 1. The first-order valence-corrected chi connectivity index (χ1v) is 2.93. The van der Waals surface area contributed by atoms with Crippen LogP contribution in [-0.2, 0) is 4.79 Å². The van der Waals surface area contributed by atoms with Crippen LogP contribution >= 0.6 is 0 Å². The van der Waals surface area contributed by atoms with Crippen LogP contribution in [0.5, 0.6) is 0 Å². The lowest BCUT2D eigenvalue weighted by atomic mass is 10.3. The summed E-state index contributed by atoms with van der Waals surface area (Å²) in [4.78, 5) is 13.7. The molecule has 1 heterocycles. The van der Waals surface area contributed by atoms with E-state index in [2.05, 4.69) is 10.3 Å². The van der Waals surface area contributed by atoms with Crippen molar-refractivity contribution in [3.63, 3.8) is 0 Å². The summed E-state index contributed by atoms with van der Waals surface area (Å²) in [6.07, 6.45) is 1.93. The second kappa shape index (κ2) is 3.32. The van der Waals surface area contributed by atoms with Crippen molar-refractivity contribution in [1.29, 1.82) is 5.26 Å². The molecular formula is C7H5N3O. The predicted molar refractivity (Wildman–Crippen MR) is 38.6 cm³/mol. The lowest BCUT2D eigenvalue weighted by Crippen LogP contribution is -1.95. The monoisotopic (exact) mass is 147 g/mol. The molecule has 1 aromatic rings. The van der Waals surface area contributed by atoms with E-state index in [1.807, 2.05) is 6.07 Å². The van der Waals surface area contributed by atoms with Crippen LogP contribution in [0.4, 0.5) is 5.82 Å². The first-order valence-electron chi connectivity index (χ1n) is 2.93. The minimum Gasteiger partial charge on any atom is -0.313 e. The largest absolute Gasteiger partial charge is 0.313 e. The number of carbonyl (C=O) groups is 1. The van der Waals surface area contributed by atoms with E-state index in [-0.39, 0.29) is 0 Å². The second-order valence-electron chi connectivity index (χ2n) is 1.81. The molecule has 1 rings (SSSR count). The molecule has 4 heteroatoms. The molecule has 1 aromatic heterocycles. The fourth-order valence-electron chi connectivity index (χ4n) is 0.606. The first-order chi connectivity index (χ1) is 5.36. The Morgan fingerprint density at radius 3 is 2.91 bits per heavy atom. The minimum atomic E-state index is 0.444. The van der Waals surface area contributed by atoms with Crippen LogP contribution in [0.25, 0.3) is 0 Å². The van der Waals surface area contributed by atoms with Gasteiger partial charge in [0.2, 0.25) is 6.41 Å². The average molecular weight is 147 g/mol. The highest BCUT2D eigenvalue weighted by molar-refractivity contribution is 5.68. The Kier molecular flexibility index (Phi) is 2.18. The van der Waals surface area contributed by atoms with Crippen molar-refractivity contribution in [3.05, 3.63) is 23.9 Å². The molecule has 0 fully saturated rings. The Hall–Kier alpha value is -1.89. The number of nitriles is 1. The zero-order chi connectivity index (χ0) is 8.10. The molecule has 1 amide bonds. The van der Waals surface area contributed by atoms with E-state index in [9.17, 15) is 4.79 Å². The van der Waals surface area contributed by atoms with Crippen molar-refractivity contribution >= 4 is 12.2 Å². The number of nitrogens with one attached hydrogen (secondary N) is 1. The van der Waals surface area contributed by atoms with Crippen LogP contribution in [0.2, 0.25) is 0 Å². The van der Waals surface area contributed by atoms with Crippen LogP contribution < -0.4 is 5.32 Å². The Bertz CT molecular complexity index is 286. The van der Waals surface area contributed by atoms with Gasteiger partial charge in [0.15, 0.2) is 0 Å². The van der Waals surface area contributed by atoms with Gasteiger partial charge in [0, 0.05) is 6.20 Å². The summed E-state index contributed by atoms with van der Waals surface area (Å²) in [6, 6.07) is 5.06. The first kappa shape index (κ1) is 7.22. The van der Waals surface area contributed by atoms with Crippen molar-refractivity contribution < 1.29 is 4.79 Å². The third kappa shape index (κ3) is 1.76. The third-order valence-corrected chi connectivity index (χ3v) is 1.10. The van der Waals surface area contributed by atoms with E-state index < -0.39 is 0 Å². The van der Waals surface area contributed by atoms with Gasteiger partial charge in [-0.3, -0.25) is 4.79 Å². The number of nitrogens with zero attached hydrogens (tertiary/aromatic N) is 2. The van der Waals surface area contributed by atoms with Crippen molar-refractivity contribution in [1.82, 2.24) is 4.98 Å². The van der Waals surface area contributed by atoms with Gasteiger partial charge in [0.05, 0.1) is 5.56 Å². The zero-order valence-corrected chi connectivity index (χ0v) is 5.61. The maximum atomic E-state index is 9.91. The molecule has 4 nitrogen and oxygen atoms in total. The highest BCUT2D eigenvalue weighted by Gasteiger charge is 1.91. The van der Waals surface area contributed by atoms with Crippen LogP contribution in [0.1, 0.15) is 5.56 Å². The Balaban J connectivity index is 2.84. The fourth-order valence-corrected chi connectivity index (χ4v) is 0.606. The maximum absolute atomic E-state index is 9.91. The molecule has 0 atom stereocenters. The Labute approximate surface area is 63.5 Å². The Morgan fingerprint density at radius 2 is 2.45 bits per heavy atom. The van der Waals surface area contributed by atoms with E-state index in [1.165, 1.54) is 6.20 Å². The summed E-state index contributed by atoms with van der Waals surface area (Å²) in [5.41, 5.74) is 0.474. The standard InChI is InChI=1S/C7H5N3O/c8-3-6-1-2-7(9-4-6)10-5-11/h1-2,4-5H,(H,9,10,11). The van der Waals surface area contributed by atoms with Crippen LogP contribution in [0.3, 0.4) is 0 Å². The molecule has 0 radical (unpaired) electrons. The molecular weight excluding hydrogens is 142 g/mol. The normalized spacial score (nSPS) is 8.27. The number of rotatable bonds is 2. The van der Waals surface area contributed by atoms with Gasteiger partial charge in [0.1, 0.15) is 11.9 Å². The van der Waals surface area contributed by atoms with Gasteiger partial charge in [-0.15, -0.1) is 0 Å². The van der Waals surface area contributed by atoms with Gasteiger partial charge in [-0.05, 0) is 12.1 Å². The molecule has 11 heavy (non-hydrogen) atoms. The molecule has 0 saturated heterocycles. The number of hydrogen-bond donors (Lipinski definition) is 1. The SMILES string of the molecule is N#Cc1ccc(NC=O)nc1. The molecule has 0 aliphatic carbocycles. The van der Waals surface area contributed by atoms with Gasteiger partial charge >= 0.3 is 0 Å². The van der Waals surface area contributed by atoms with Gasteiger partial charge < -0.3 is 5.32 Å². The Morgan fingerprint density at radius 1 is 1.64 bits per heavy atom. The summed E-state index contributed by atoms with van der Waals surface area (Å²) < 4.78 is 0. The van der Waals surface area contributed by atoms with Crippen molar-refractivity contribution in [2.24, 2.45) is 0 Å². The number of hydrogen-bond acceptors (Lipinski definition) is 3. The van der Waals surface area contributed by atoms with Gasteiger partial charge in [-0.1, -0.05) is 0 Å². The highest BCUT2D eigenvalue weighted by Crippen LogP contribution is 2.01. The lowest BCUT2D eigenvalue weighted by Gasteiger charge is -1.94. The number of carbonyl (C=O) groups excluding carboxylic acids is 1. The molecule has 0 saturated carbocycles. The zero-order valence-electron chi connectivity index (χ0n) is 5.61. The van der Waals surface area contributed by atoms with E-state index in [1.54, 1.807) is 12.1 Å². The van der Waals surface area contributed by atoms with Crippen molar-refractivity contribution in [2.75, 3.05) is 5.32 Å². The molecule has 0 unspecified atom stereocenters. The minimum absolute atomic E-state index is 0.444. The molecule has 0 aromatic carbocycles. The van der Waals surface area contributed by atoms with Crippen molar-refractivity contribution in [3.8, 4) is 6.07 Å². The van der Waals surface area contributed by atoms with E-state index in [0.29, 0.717) is 17.8 Å². The molecule has 0 bridgehead atoms. The van der Waals surface area contributed by atoms with E-state index >= 15 is 0 Å². The highest BCUT2D eigenvalue weighted by atomic mass is 16.1. The molecule has 0 aliphatic rings. The van der Waals surface area contributed by atoms with Gasteiger partial charge in [0.25, 0.3) is 0 Å². The van der Waals surface area contributed by atoms with E-state index in [4.69, 9.17) is 5.26 Å². The topological polar surface area (TPSA) is 65.8 Å². The summed E-state index contributed by atoms with van der Waals surface area (Å²) in [5.74, 6) is 0.444. The molecule has 0 spiro atoms. The van der Waals surface area contributed by atoms with Crippen LogP contribution in [0.15, 0.2) is 18.3 Å². The van der Waals surface area contributed by atoms with Gasteiger partial charge in [-0.25, -0.2) is 4.98 Å². The summed E-state index contributed by atoms with van der Waals surface area (Å²) >= 11 is 0. The third-order valence-electron chi connectivity index (χ3n) is 1.10. The molecule has 0 aliphatic heterocycles. The van der Waals surface area contributed by atoms with Crippen LogP contribution in [-0.4, -0.2) is 11.4 Å². The lowest BCUT2D eigenvalue weighted by molar-refractivity contribution is -0.105. The summed E-state index contributed by atoms with van der Waals surface area (Å²) in [7, 11) is 0. The molecule has 54 valence electrons. The number of pyridine rings is 1. The second-order valence-corrected chi connectivity index (χ2v) is 1.81. The predicted octanol–water partition coefficient (Wildman–Crippen LogP) is 0.522. The maximum Gasteiger partial charge on any atom is 0.212 e. The summed E-state index contributed by atoms with van der Waals surface area (Å²) in [6.45, 7) is 0. The van der Waals surface area contributed by atoms with Crippen LogP contribution in [0, 0.1) is 11.3 Å². The van der Waals surface area contributed by atoms with E-state index in [0.717, 1.165) is 0 Å². The number of aromatic nitrogens is 1. The quantitative estimate of drug-likeness (QED) is 0.620. The average Bonchev–Trinajstić information content (AvgIpc) is 2.07.